The summed E-state index contributed by atoms with van der Waals surface area (Å²) in [5.41, 5.74) is 0.568. The molecule has 3 heterocycles. The molecule has 11 heteroatoms. The van der Waals surface area contributed by atoms with E-state index in [2.05, 4.69) is 20.4 Å². The molecule has 0 saturated carbocycles. The van der Waals surface area contributed by atoms with Crippen LogP contribution in [0.4, 0.5) is 19.0 Å². The molecule has 8 nitrogen and oxygen atoms in total. The molecule has 1 atom stereocenters. The Labute approximate surface area is 134 Å². The Morgan fingerprint density at radius 1 is 1.46 bits per heavy atom. The molecule has 130 valence electrons. The number of nitrogens with zero attached hydrogens (tertiary/aromatic N) is 5. The summed E-state index contributed by atoms with van der Waals surface area (Å²) in [6.45, 7) is -0.961. The maximum atomic E-state index is 12.5. The van der Waals surface area contributed by atoms with Crippen LogP contribution in [0.15, 0.2) is 12.4 Å². The lowest BCUT2D eigenvalue weighted by Crippen LogP contribution is -2.39. The van der Waals surface area contributed by atoms with Gasteiger partial charge >= 0.3 is 6.18 Å². The standard InChI is InChI=1S/C13H15F3N6O2/c1-24-5-8-4-10(22-12(19-8)17-7-18-22)20-9-2-3-21(11(9)23)6-13(14,15)16/h4,7,9,20H,2-3,5-6H2,1H3. The van der Waals surface area contributed by atoms with Crippen LogP contribution in [-0.2, 0) is 16.1 Å². The summed E-state index contributed by atoms with van der Waals surface area (Å²) >= 11 is 0. The molecule has 1 saturated heterocycles. The SMILES string of the molecule is COCc1cc(NC2CCN(CC(F)(F)F)C2=O)n2ncnc2n1. The quantitative estimate of drug-likeness (QED) is 0.866. The summed E-state index contributed by atoms with van der Waals surface area (Å²) in [6.07, 6.45) is -2.84. The van der Waals surface area contributed by atoms with Gasteiger partial charge in [-0.2, -0.15) is 27.8 Å². The smallest absolute Gasteiger partial charge is 0.378 e. The highest BCUT2D eigenvalue weighted by Gasteiger charge is 2.39. The molecule has 1 N–H and O–H groups in total. The van der Waals surface area contributed by atoms with Crippen molar-refractivity contribution in [1.29, 1.82) is 0 Å². The Bertz CT molecular complexity index is 747. The summed E-state index contributed by atoms with van der Waals surface area (Å²) < 4.78 is 43.9. The van der Waals surface area contributed by atoms with E-state index in [1.165, 1.54) is 18.0 Å². The fraction of sp³-hybridized carbons (Fsp3) is 0.538. The van der Waals surface area contributed by atoms with E-state index >= 15 is 0 Å². The minimum Gasteiger partial charge on any atom is -0.378 e. The number of ether oxygens (including phenoxy) is 1. The third-order valence-electron chi connectivity index (χ3n) is 3.59. The minimum atomic E-state index is -4.41. The molecule has 1 unspecified atom stereocenters. The number of amides is 1. The molecule has 3 rings (SSSR count). The second-order valence-corrected chi connectivity index (χ2v) is 5.40. The molecule has 0 bridgehead atoms. The highest BCUT2D eigenvalue weighted by molar-refractivity contribution is 5.86. The normalized spacial score (nSPS) is 18.6. The topological polar surface area (TPSA) is 84.7 Å². The Kier molecular flexibility index (Phi) is 4.26. The monoisotopic (exact) mass is 344 g/mol. The minimum absolute atomic E-state index is 0.0481. The number of methoxy groups -OCH3 is 1. The summed E-state index contributed by atoms with van der Waals surface area (Å²) in [6, 6.07) is 0.878. The van der Waals surface area contributed by atoms with Crippen LogP contribution in [0.25, 0.3) is 5.78 Å². The molecule has 0 aromatic carbocycles. The predicted molar refractivity (Wildman–Crippen MR) is 76.2 cm³/mol. The van der Waals surface area contributed by atoms with Crippen LogP contribution in [0.1, 0.15) is 12.1 Å². The zero-order valence-corrected chi connectivity index (χ0v) is 12.7. The van der Waals surface area contributed by atoms with Gasteiger partial charge in [-0.05, 0) is 6.42 Å². The number of aromatic nitrogens is 4. The third-order valence-corrected chi connectivity index (χ3v) is 3.59. The number of carbonyl (C=O) groups is 1. The molecular weight excluding hydrogens is 329 g/mol. The molecule has 1 fully saturated rings. The Balaban J connectivity index is 1.80. The number of halogens is 3. The lowest BCUT2D eigenvalue weighted by atomic mass is 10.2. The molecule has 2 aromatic rings. The van der Waals surface area contributed by atoms with Crippen molar-refractivity contribution in [2.45, 2.75) is 25.2 Å². The second-order valence-electron chi connectivity index (χ2n) is 5.40. The van der Waals surface area contributed by atoms with Crippen LogP contribution in [0.5, 0.6) is 0 Å². The summed E-state index contributed by atoms with van der Waals surface area (Å²) in [5, 5.41) is 6.94. The van der Waals surface area contributed by atoms with Crippen LogP contribution < -0.4 is 5.32 Å². The van der Waals surface area contributed by atoms with Crippen molar-refractivity contribution < 1.29 is 22.7 Å². The number of fused-ring (bicyclic) bond motifs is 1. The molecule has 0 radical (unpaired) electrons. The summed E-state index contributed by atoms with van der Waals surface area (Å²) in [7, 11) is 1.51. The summed E-state index contributed by atoms with van der Waals surface area (Å²) in [4.78, 5) is 21.2. The number of nitrogens with one attached hydrogen (secondary N) is 1. The highest BCUT2D eigenvalue weighted by atomic mass is 19.4. The van der Waals surface area contributed by atoms with E-state index < -0.39 is 24.7 Å². The van der Waals surface area contributed by atoms with Gasteiger partial charge in [0.05, 0.1) is 12.3 Å². The van der Waals surface area contributed by atoms with Crippen molar-refractivity contribution in [3.05, 3.63) is 18.1 Å². The van der Waals surface area contributed by atoms with Gasteiger partial charge in [0.15, 0.2) is 0 Å². The largest absolute Gasteiger partial charge is 0.406 e. The van der Waals surface area contributed by atoms with Crippen LogP contribution in [0, 0.1) is 0 Å². The fourth-order valence-corrected chi connectivity index (χ4v) is 2.61. The fourth-order valence-electron chi connectivity index (χ4n) is 2.61. The first-order valence-corrected chi connectivity index (χ1v) is 7.18. The van der Waals surface area contributed by atoms with Gasteiger partial charge in [-0.25, -0.2) is 4.98 Å². The predicted octanol–water partition coefficient (Wildman–Crippen LogP) is 0.846. The average Bonchev–Trinajstić information content (AvgIpc) is 3.08. The maximum absolute atomic E-state index is 12.5. The number of hydrogen-bond acceptors (Lipinski definition) is 6. The van der Waals surface area contributed by atoms with E-state index in [4.69, 9.17) is 4.74 Å². The Morgan fingerprint density at radius 2 is 2.25 bits per heavy atom. The Morgan fingerprint density at radius 3 is 2.96 bits per heavy atom. The first kappa shape index (κ1) is 16.4. The molecule has 1 amide bonds. The summed E-state index contributed by atoms with van der Waals surface area (Å²) in [5.74, 6) is 0.145. The Hall–Kier alpha value is -2.43. The van der Waals surface area contributed by atoms with E-state index in [-0.39, 0.29) is 19.6 Å². The van der Waals surface area contributed by atoms with Gasteiger partial charge in [-0.15, -0.1) is 0 Å². The number of carbonyl (C=O) groups excluding carboxylic acids is 1. The number of rotatable bonds is 5. The van der Waals surface area contributed by atoms with Gasteiger partial charge in [0.1, 0.15) is 24.7 Å². The molecule has 0 spiro atoms. The van der Waals surface area contributed by atoms with E-state index in [0.29, 0.717) is 17.3 Å². The molecular formula is C13H15F3N6O2. The van der Waals surface area contributed by atoms with Gasteiger partial charge in [-0.1, -0.05) is 0 Å². The van der Waals surface area contributed by atoms with Gasteiger partial charge in [-0.3, -0.25) is 4.79 Å². The number of hydrogen-bond donors (Lipinski definition) is 1. The van der Waals surface area contributed by atoms with Gasteiger partial charge in [0.25, 0.3) is 5.78 Å². The van der Waals surface area contributed by atoms with Crippen molar-refractivity contribution in [3.8, 4) is 0 Å². The van der Waals surface area contributed by atoms with Gasteiger partial charge in [0.2, 0.25) is 5.91 Å². The molecule has 1 aliphatic heterocycles. The van der Waals surface area contributed by atoms with Crippen molar-refractivity contribution in [2.24, 2.45) is 0 Å². The van der Waals surface area contributed by atoms with E-state index in [1.807, 2.05) is 0 Å². The maximum Gasteiger partial charge on any atom is 0.406 e. The lowest BCUT2D eigenvalue weighted by molar-refractivity contribution is -0.157. The van der Waals surface area contributed by atoms with Crippen LogP contribution in [-0.4, -0.2) is 62.8 Å². The van der Waals surface area contributed by atoms with E-state index in [1.54, 1.807) is 6.07 Å². The van der Waals surface area contributed by atoms with Crippen LogP contribution in [0.2, 0.25) is 0 Å². The second kappa shape index (κ2) is 6.23. The molecule has 24 heavy (non-hydrogen) atoms. The van der Waals surface area contributed by atoms with Gasteiger partial charge < -0.3 is 15.0 Å². The first-order valence-electron chi connectivity index (χ1n) is 7.18. The average molecular weight is 344 g/mol. The highest BCUT2D eigenvalue weighted by Crippen LogP contribution is 2.23. The number of alkyl halides is 3. The lowest BCUT2D eigenvalue weighted by Gasteiger charge is -2.19. The first-order chi connectivity index (χ1) is 11.4. The number of likely N-dealkylation sites (tertiary alicyclic amines) is 1. The van der Waals surface area contributed by atoms with Crippen molar-refractivity contribution >= 4 is 17.5 Å². The van der Waals surface area contributed by atoms with Gasteiger partial charge in [0, 0.05) is 19.7 Å². The molecule has 1 aliphatic rings. The van der Waals surface area contributed by atoms with Crippen molar-refractivity contribution in [1.82, 2.24) is 24.5 Å². The zero-order chi connectivity index (χ0) is 17.3. The van der Waals surface area contributed by atoms with Crippen LogP contribution in [0.3, 0.4) is 0 Å². The number of anilines is 1. The van der Waals surface area contributed by atoms with Crippen molar-refractivity contribution in [3.63, 3.8) is 0 Å². The van der Waals surface area contributed by atoms with E-state index in [9.17, 15) is 18.0 Å². The zero-order valence-electron chi connectivity index (χ0n) is 12.7. The van der Waals surface area contributed by atoms with E-state index in [0.717, 1.165) is 4.90 Å². The molecule has 0 aliphatic carbocycles. The third kappa shape index (κ3) is 3.40. The molecule has 2 aromatic heterocycles. The van der Waals surface area contributed by atoms with Crippen LogP contribution >= 0.6 is 0 Å². The van der Waals surface area contributed by atoms with Crippen molar-refractivity contribution in [2.75, 3.05) is 25.5 Å².